The van der Waals surface area contributed by atoms with Crippen molar-refractivity contribution < 1.29 is 0 Å². The molecule has 14 heavy (non-hydrogen) atoms. The topological polar surface area (TPSA) is 26.0 Å². The third-order valence-corrected chi connectivity index (χ3v) is 4.67. The Labute approximate surface area is 89.5 Å². The summed E-state index contributed by atoms with van der Waals surface area (Å²) >= 11 is 0. The Morgan fingerprint density at radius 2 is 1.64 bits per heavy atom. The van der Waals surface area contributed by atoms with E-state index in [1.54, 1.807) is 0 Å². The van der Waals surface area contributed by atoms with Crippen LogP contribution in [0.2, 0.25) is 0 Å². The van der Waals surface area contributed by atoms with Crippen LogP contribution in [0.5, 0.6) is 0 Å². The third-order valence-electron chi connectivity index (χ3n) is 4.67. The molecule has 1 saturated carbocycles. The van der Waals surface area contributed by atoms with Crippen LogP contribution in [0, 0.1) is 35.5 Å². The zero-order chi connectivity index (χ0) is 10.9. The van der Waals surface area contributed by atoms with Crippen molar-refractivity contribution in [2.45, 2.75) is 41.0 Å². The van der Waals surface area contributed by atoms with E-state index in [4.69, 9.17) is 5.73 Å². The zero-order valence-electron chi connectivity index (χ0n) is 10.5. The summed E-state index contributed by atoms with van der Waals surface area (Å²) in [7, 11) is 0. The van der Waals surface area contributed by atoms with E-state index in [-0.39, 0.29) is 0 Å². The smallest absolute Gasteiger partial charge is 0.00460 e. The molecule has 0 aromatic heterocycles. The summed E-state index contributed by atoms with van der Waals surface area (Å²) in [5, 5.41) is 0. The highest BCUT2D eigenvalue weighted by Crippen LogP contribution is 2.48. The second kappa shape index (κ2) is 4.65. The number of hydrogen-bond donors (Lipinski definition) is 1. The van der Waals surface area contributed by atoms with E-state index in [9.17, 15) is 0 Å². The van der Waals surface area contributed by atoms with Gasteiger partial charge in [-0.05, 0) is 48.5 Å². The second-order valence-electron chi connectivity index (χ2n) is 5.72. The molecule has 0 heterocycles. The summed E-state index contributed by atoms with van der Waals surface area (Å²) in [5.41, 5.74) is 5.70. The van der Waals surface area contributed by atoms with Crippen molar-refractivity contribution in [1.29, 1.82) is 0 Å². The first-order valence-corrected chi connectivity index (χ1v) is 6.19. The standard InChI is InChI=1S/C13H27N/c1-8(2)9(3)10(4)11(5)13-6-12(13)7-14/h8-13H,6-7,14H2,1-5H3/t9-,10?,11+,12+,13?/m1/s1. The highest BCUT2D eigenvalue weighted by molar-refractivity contribution is 4.92. The van der Waals surface area contributed by atoms with Crippen molar-refractivity contribution >= 4 is 0 Å². The van der Waals surface area contributed by atoms with E-state index in [0.717, 1.165) is 42.1 Å². The molecule has 1 rings (SSSR count). The SMILES string of the molecule is CC(C)[C@@H](C)C(C)[C@H](C)C1C[C@H]1CN. The molecule has 0 bridgehead atoms. The van der Waals surface area contributed by atoms with Crippen molar-refractivity contribution in [3.8, 4) is 0 Å². The van der Waals surface area contributed by atoms with E-state index >= 15 is 0 Å². The van der Waals surface area contributed by atoms with Crippen LogP contribution >= 0.6 is 0 Å². The van der Waals surface area contributed by atoms with Crippen molar-refractivity contribution in [2.75, 3.05) is 6.54 Å². The van der Waals surface area contributed by atoms with Crippen molar-refractivity contribution in [3.05, 3.63) is 0 Å². The zero-order valence-corrected chi connectivity index (χ0v) is 10.5. The first-order chi connectivity index (χ1) is 6.49. The molecule has 1 heteroatoms. The number of hydrogen-bond acceptors (Lipinski definition) is 1. The van der Waals surface area contributed by atoms with Crippen molar-refractivity contribution in [1.82, 2.24) is 0 Å². The minimum atomic E-state index is 0.808. The molecule has 2 N–H and O–H groups in total. The van der Waals surface area contributed by atoms with Crippen LogP contribution in [-0.2, 0) is 0 Å². The first-order valence-electron chi connectivity index (χ1n) is 6.19. The van der Waals surface area contributed by atoms with E-state index < -0.39 is 0 Å². The fraction of sp³-hybridized carbons (Fsp3) is 1.00. The average Bonchev–Trinajstić information content (AvgIpc) is 2.93. The van der Waals surface area contributed by atoms with Crippen LogP contribution in [0.15, 0.2) is 0 Å². The van der Waals surface area contributed by atoms with E-state index in [0.29, 0.717) is 0 Å². The monoisotopic (exact) mass is 197 g/mol. The molecule has 1 aliphatic rings. The van der Waals surface area contributed by atoms with Crippen LogP contribution in [-0.4, -0.2) is 6.54 Å². The summed E-state index contributed by atoms with van der Waals surface area (Å²) in [4.78, 5) is 0. The normalized spacial score (nSPS) is 32.8. The summed E-state index contributed by atoms with van der Waals surface area (Å²) in [6.07, 6.45) is 1.38. The maximum absolute atomic E-state index is 5.70. The maximum atomic E-state index is 5.70. The van der Waals surface area contributed by atoms with Gasteiger partial charge in [-0.25, -0.2) is 0 Å². The first kappa shape index (κ1) is 12.0. The predicted octanol–water partition coefficient (Wildman–Crippen LogP) is 3.15. The molecule has 5 atom stereocenters. The van der Waals surface area contributed by atoms with Gasteiger partial charge >= 0.3 is 0 Å². The second-order valence-corrected chi connectivity index (χ2v) is 5.72. The lowest BCUT2D eigenvalue weighted by molar-refractivity contribution is 0.200. The van der Waals surface area contributed by atoms with Gasteiger partial charge in [0.1, 0.15) is 0 Å². The quantitative estimate of drug-likeness (QED) is 0.720. The minimum absolute atomic E-state index is 0.808. The molecule has 1 fully saturated rings. The van der Waals surface area contributed by atoms with Gasteiger partial charge in [-0.3, -0.25) is 0 Å². The average molecular weight is 197 g/mol. The third kappa shape index (κ3) is 2.50. The van der Waals surface area contributed by atoms with Crippen LogP contribution in [0.4, 0.5) is 0 Å². The Morgan fingerprint density at radius 3 is 2.00 bits per heavy atom. The van der Waals surface area contributed by atoms with Gasteiger partial charge in [0.15, 0.2) is 0 Å². The van der Waals surface area contributed by atoms with Gasteiger partial charge < -0.3 is 5.73 Å². The van der Waals surface area contributed by atoms with Gasteiger partial charge in [-0.1, -0.05) is 34.6 Å². The predicted molar refractivity (Wildman–Crippen MR) is 63.0 cm³/mol. The van der Waals surface area contributed by atoms with Gasteiger partial charge in [0, 0.05) is 0 Å². The van der Waals surface area contributed by atoms with Crippen molar-refractivity contribution in [2.24, 2.45) is 41.2 Å². The fourth-order valence-corrected chi connectivity index (χ4v) is 2.66. The highest BCUT2D eigenvalue weighted by Gasteiger charge is 2.42. The van der Waals surface area contributed by atoms with E-state index in [1.807, 2.05) is 0 Å². The molecule has 0 aromatic rings. The van der Waals surface area contributed by atoms with Gasteiger partial charge in [-0.15, -0.1) is 0 Å². The Balaban J connectivity index is 2.41. The number of nitrogens with two attached hydrogens (primary N) is 1. The Hall–Kier alpha value is -0.0400. The summed E-state index contributed by atoms with van der Waals surface area (Å²) < 4.78 is 0. The molecule has 0 amide bonds. The maximum Gasteiger partial charge on any atom is -0.00460 e. The van der Waals surface area contributed by atoms with Crippen LogP contribution in [0.1, 0.15) is 41.0 Å². The van der Waals surface area contributed by atoms with Crippen molar-refractivity contribution in [3.63, 3.8) is 0 Å². The summed E-state index contributed by atoms with van der Waals surface area (Å²) in [6.45, 7) is 12.8. The minimum Gasteiger partial charge on any atom is -0.330 e. The molecule has 1 nitrogen and oxygen atoms in total. The Kier molecular flexibility index (Phi) is 4.00. The lowest BCUT2D eigenvalue weighted by Gasteiger charge is -2.29. The molecule has 0 radical (unpaired) electrons. The van der Waals surface area contributed by atoms with Crippen LogP contribution in [0.25, 0.3) is 0 Å². The van der Waals surface area contributed by atoms with Crippen LogP contribution < -0.4 is 5.73 Å². The molecule has 0 spiro atoms. The summed E-state index contributed by atoms with van der Waals surface area (Å²) in [5.74, 6) is 5.12. The van der Waals surface area contributed by atoms with Crippen LogP contribution in [0.3, 0.4) is 0 Å². The largest absolute Gasteiger partial charge is 0.330 e. The molecule has 0 aliphatic heterocycles. The molecule has 1 aliphatic carbocycles. The lowest BCUT2D eigenvalue weighted by Crippen LogP contribution is -2.23. The van der Waals surface area contributed by atoms with Gasteiger partial charge in [0.05, 0.1) is 0 Å². The molecule has 2 unspecified atom stereocenters. The molecule has 84 valence electrons. The van der Waals surface area contributed by atoms with Gasteiger partial charge in [-0.2, -0.15) is 0 Å². The summed E-state index contributed by atoms with van der Waals surface area (Å²) in [6, 6.07) is 0. The fourth-order valence-electron chi connectivity index (χ4n) is 2.66. The molecular formula is C13H27N. The highest BCUT2D eigenvalue weighted by atomic mass is 14.6. The lowest BCUT2D eigenvalue weighted by atomic mass is 9.77. The van der Waals surface area contributed by atoms with Gasteiger partial charge in [0.2, 0.25) is 0 Å². The van der Waals surface area contributed by atoms with E-state index in [1.165, 1.54) is 6.42 Å². The molecular weight excluding hydrogens is 170 g/mol. The van der Waals surface area contributed by atoms with Gasteiger partial charge in [0.25, 0.3) is 0 Å². The Bertz CT molecular complexity index is 176. The van der Waals surface area contributed by atoms with E-state index in [2.05, 4.69) is 34.6 Å². The Morgan fingerprint density at radius 1 is 1.07 bits per heavy atom. The number of rotatable bonds is 5. The molecule has 0 saturated heterocycles. The molecule has 0 aromatic carbocycles.